The second-order valence-corrected chi connectivity index (χ2v) is 13.3. The normalized spacial score (nSPS) is 15.0. The molecule has 0 saturated carbocycles. The molecule has 0 heterocycles. The number of rotatable bonds is 4. The molecule has 0 atom stereocenters. The summed E-state index contributed by atoms with van der Waals surface area (Å²) in [6.07, 6.45) is 8.02. The Morgan fingerprint density at radius 1 is 1.04 bits per heavy atom. The van der Waals surface area contributed by atoms with Crippen molar-refractivity contribution in [1.29, 1.82) is 0 Å². The Kier molecular flexibility index (Phi) is 4.57. The van der Waals surface area contributed by atoms with Crippen molar-refractivity contribution in [3.63, 3.8) is 0 Å². The summed E-state index contributed by atoms with van der Waals surface area (Å²) >= 11 is 0. The molecule has 0 spiro atoms. The van der Waals surface area contributed by atoms with Crippen LogP contribution in [0.4, 0.5) is 0 Å². The predicted octanol–water partition coefficient (Wildman–Crippen LogP) is 4.26. The predicted molar refractivity (Wildman–Crippen MR) is 118 cm³/mol. The van der Waals surface area contributed by atoms with E-state index < -0.39 is 8.07 Å². The van der Waals surface area contributed by atoms with E-state index in [1.807, 2.05) is 0 Å². The molecular formula is C25H28OSi. The molecule has 138 valence electrons. The minimum atomic E-state index is -1.67. The topological polar surface area (TPSA) is 20.2 Å². The van der Waals surface area contributed by atoms with Crippen LogP contribution in [0.5, 0.6) is 0 Å². The van der Waals surface area contributed by atoms with Crippen molar-refractivity contribution in [2.75, 3.05) is 6.61 Å². The van der Waals surface area contributed by atoms with Gasteiger partial charge in [-0.05, 0) is 70.0 Å². The van der Waals surface area contributed by atoms with E-state index in [0.717, 1.165) is 12.5 Å². The molecule has 0 fully saturated rings. The number of benzene rings is 2. The van der Waals surface area contributed by atoms with Crippen molar-refractivity contribution in [3.8, 4) is 0 Å². The van der Waals surface area contributed by atoms with Crippen LogP contribution in [0.15, 0.2) is 53.7 Å². The molecule has 0 amide bonds. The number of aliphatic hydroxyl groups excluding tert-OH is 1. The molecule has 0 radical (unpaired) electrons. The number of aliphatic hydroxyl groups is 1. The molecule has 2 aliphatic carbocycles. The van der Waals surface area contributed by atoms with Crippen LogP contribution in [0.1, 0.15) is 31.4 Å². The van der Waals surface area contributed by atoms with Gasteiger partial charge in [0.1, 0.15) is 0 Å². The Balaban J connectivity index is 2.11. The van der Waals surface area contributed by atoms with Crippen molar-refractivity contribution < 1.29 is 5.11 Å². The highest BCUT2D eigenvalue weighted by Gasteiger charge is 2.30. The van der Waals surface area contributed by atoms with Gasteiger partial charge in [0.05, 0.1) is 8.07 Å². The van der Waals surface area contributed by atoms with Crippen molar-refractivity contribution in [2.45, 2.75) is 39.4 Å². The smallest absolute Gasteiger partial charge is 0.0832 e. The van der Waals surface area contributed by atoms with Gasteiger partial charge in [0, 0.05) is 6.61 Å². The first-order chi connectivity index (χ1) is 12.9. The van der Waals surface area contributed by atoms with Crippen LogP contribution < -0.4 is 10.4 Å². The first-order valence-electron chi connectivity index (χ1n) is 9.87. The monoisotopic (exact) mass is 372 g/mol. The quantitative estimate of drug-likeness (QED) is 0.679. The van der Waals surface area contributed by atoms with E-state index in [1.165, 1.54) is 48.3 Å². The van der Waals surface area contributed by atoms with E-state index in [4.69, 9.17) is 0 Å². The summed E-state index contributed by atoms with van der Waals surface area (Å²) in [4.78, 5) is 0. The molecule has 27 heavy (non-hydrogen) atoms. The van der Waals surface area contributed by atoms with Gasteiger partial charge in [0.25, 0.3) is 0 Å². The molecule has 2 heteroatoms. The number of allylic oxidation sites excluding steroid dienone is 4. The highest BCUT2D eigenvalue weighted by atomic mass is 28.3. The van der Waals surface area contributed by atoms with E-state index >= 15 is 0 Å². The van der Waals surface area contributed by atoms with Crippen molar-refractivity contribution in [2.24, 2.45) is 0 Å². The first kappa shape index (κ1) is 18.2. The lowest BCUT2D eigenvalue weighted by Crippen LogP contribution is -2.30. The molecule has 0 bridgehead atoms. The summed E-state index contributed by atoms with van der Waals surface area (Å²) in [5, 5.41) is 16.5. The van der Waals surface area contributed by atoms with Crippen LogP contribution in [-0.4, -0.2) is 19.8 Å². The zero-order chi connectivity index (χ0) is 19.2. The second-order valence-electron chi connectivity index (χ2n) is 8.54. The van der Waals surface area contributed by atoms with E-state index in [9.17, 15) is 5.11 Å². The SMILES string of the molecule is CC(C)=c1ccc2c(c1C1=C([Si](C)(C)CCO)C=CC1)C=c1ccccc1=2. The standard InChI is InChI=1S/C25H28OSi/c1-17(2)19-12-13-21-20-9-6-5-8-18(20)16-23(21)25(19)22-10-7-11-24(22)27(3,4)15-14-26/h5-9,11-13,16,26H,10,14-15H2,1-4H3. The molecule has 2 aromatic carbocycles. The maximum atomic E-state index is 9.61. The van der Waals surface area contributed by atoms with Crippen LogP contribution in [0, 0.1) is 10.4 Å². The van der Waals surface area contributed by atoms with E-state index in [1.54, 1.807) is 0 Å². The highest BCUT2D eigenvalue weighted by molar-refractivity contribution is 6.86. The molecule has 4 rings (SSSR count). The van der Waals surface area contributed by atoms with E-state index in [0.29, 0.717) is 0 Å². The zero-order valence-electron chi connectivity index (χ0n) is 16.8. The van der Waals surface area contributed by atoms with Gasteiger partial charge in [0.2, 0.25) is 0 Å². The maximum Gasteiger partial charge on any atom is 0.0832 e. The molecule has 1 nitrogen and oxygen atoms in total. The van der Waals surface area contributed by atoms with Gasteiger partial charge < -0.3 is 5.11 Å². The fourth-order valence-electron chi connectivity index (χ4n) is 4.56. The van der Waals surface area contributed by atoms with Crippen molar-refractivity contribution >= 4 is 25.3 Å². The van der Waals surface area contributed by atoms with Crippen molar-refractivity contribution in [3.05, 3.63) is 85.7 Å². The third-order valence-corrected chi connectivity index (χ3v) is 9.43. The summed E-state index contributed by atoms with van der Waals surface area (Å²) < 4.78 is 0. The fraction of sp³-hybridized carbons (Fsp3) is 0.280. The van der Waals surface area contributed by atoms with Gasteiger partial charge in [-0.25, -0.2) is 0 Å². The van der Waals surface area contributed by atoms with Gasteiger partial charge >= 0.3 is 0 Å². The van der Waals surface area contributed by atoms with Crippen LogP contribution in [-0.2, 0) is 0 Å². The second kappa shape index (κ2) is 6.77. The molecule has 2 aliphatic rings. The number of hydrogen-bond donors (Lipinski definition) is 1. The summed E-state index contributed by atoms with van der Waals surface area (Å²) in [5.74, 6) is 0. The Bertz CT molecular complexity index is 1190. The molecule has 0 aliphatic heterocycles. The Morgan fingerprint density at radius 2 is 1.81 bits per heavy atom. The molecular weight excluding hydrogens is 344 g/mol. The molecule has 0 aromatic heterocycles. The largest absolute Gasteiger partial charge is 0.397 e. The first-order valence-corrected chi connectivity index (χ1v) is 13.1. The van der Waals surface area contributed by atoms with Gasteiger partial charge in [0.15, 0.2) is 0 Å². The lowest BCUT2D eigenvalue weighted by atomic mass is 9.94. The average Bonchev–Trinajstić information content (AvgIpc) is 3.25. The molecule has 0 unspecified atom stereocenters. The number of fused-ring (bicyclic) bond motifs is 2. The third kappa shape index (κ3) is 2.97. The van der Waals surface area contributed by atoms with E-state index in [2.05, 4.69) is 81.6 Å². The van der Waals surface area contributed by atoms with Gasteiger partial charge in [-0.2, -0.15) is 0 Å². The Morgan fingerprint density at radius 3 is 2.56 bits per heavy atom. The Hall–Kier alpha value is -2.16. The average molecular weight is 373 g/mol. The zero-order valence-corrected chi connectivity index (χ0v) is 17.8. The maximum absolute atomic E-state index is 9.61. The van der Waals surface area contributed by atoms with Crippen molar-refractivity contribution in [1.82, 2.24) is 0 Å². The van der Waals surface area contributed by atoms with Crippen LogP contribution in [0.3, 0.4) is 0 Å². The van der Waals surface area contributed by atoms with Gasteiger partial charge in [-0.1, -0.05) is 72.4 Å². The summed E-state index contributed by atoms with van der Waals surface area (Å²) in [5.41, 5.74) is 5.64. The highest BCUT2D eigenvalue weighted by Crippen LogP contribution is 2.37. The molecule has 0 saturated heterocycles. The van der Waals surface area contributed by atoms with Crippen LogP contribution >= 0.6 is 0 Å². The summed E-state index contributed by atoms with van der Waals surface area (Å²) in [6.45, 7) is 9.48. The fourth-order valence-corrected chi connectivity index (χ4v) is 7.00. The van der Waals surface area contributed by atoms with E-state index in [-0.39, 0.29) is 6.61 Å². The molecule has 2 aromatic rings. The number of hydrogen-bond acceptors (Lipinski definition) is 1. The Labute approximate surface area is 162 Å². The lowest BCUT2D eigenvalue weighted by molar-refractivity contribution is 0.316. The molecule has 1 N–H and O–H groups in total. The van der Waals surface area contributed by atoms with Gasteiger partial charge in [-0.15, -0.1) is 0 Å². The minimum absolute atomic E-state index is 0.278. The minimum Gasteiger partial charge on any atom is -0.397 e. The van der Waals surface area contributed by atoms with Crippen LogP contribution in [0.2, 0.25) is 19.1 Å². The summed E-state index contributed by atoms with van der Waals surface area (Å²) in [7, 11) is -1.67. The summed E-state index contributed by atoms with van der Waals surface area (Å²) in [6, 6.07) is 14.2. The lowest BCUT2D eigenvalue weighted by Gasteiger charge is -2.25. The third-order valence-electron chi connectivity index (χ3n) is 6.03. The van der Waals surface area contributed by atoms with Gasteiger partial charge in [-0.3, -0.25) is 0 Å². The van der Waals surface area contributed by atoms with Crippen LogP contribution in [0.25, 0.3) is 17.2 Å².